The summed E-state index contributed by atoms with van der Waals surface area (Å²) in [7, 11) is 0. The first kappa shape index (κ1) is 27.5. The first-order chi connectivity index (χ1) is 16.4. The molecule has 194 valence electrons. The summed E-state index contributed by atoms with van der Waals surface area (Å²) in [5.41, 5.74) is 1.31. The second kappa shape index (κ2) is 11.3. The van der Waals surface area contributed by atoms with Gasteiger partial charge < -0.3 is 15.5 Å². The molecule has 1 amide bonds. The molecule has 4 rings (SSSR count). The number of nitrogens with two attached hydrogens (primary N) is 1. The van der Waals surface area contributed by atoms with E-state index in [-0.39, 0.29) is 22.9 Å². The monoisotopic (exact) mass is 502 g/mol. The zero-order chi connectivity index (χ0) is 25.8. The van der Waals surface area contributed by atoms with E-state index in [1.165, 1.54) is 18.3 Å². The van der Waals surface area contributed by atoms with Gasteiger partial charge in [-0.25, -0.2) is 19.9 Å². The summed E-state index contributed by atoms with van der Waals surface area (Å²) in [6.07, 6.45) is 10.2. The Kier molecular flexibility index (Phi) is 8.93. The molecule has 4 N–H and O–H groups in total. The van der Waals surface area contributed by atoms with Crippen molar-refractivity contribution in [3.63, 3.8) is 0 Å². The van der Waals surface area contributed by atoms with Crippen molar-refractivity contribution in [1.82, 2.24) is 30.2 Å². The number of likely N-dealkylation sites (tertiary alicyclic amines) is 1. The third-order valence-electron chi connectivity index (χ3n) is 6.37. The standard InChI is InChI=1S/C24H37N7O.CH5NS/c1-23(2,3)22-25-13-18-19(29-22)20(27-14-26-18)28-17-11-12-31(21(17)32)16-9-7-15(8-10-16)30-24(4,5)6;1-3-2/h13-17,30H,7-12H2,1-6H3,(H,26,27,28);2H2,1H3/t15?,16?,17-;/m0./s1. The van der Waals surface area contributed by atoms with Crippen LogP contribution in [0, 0.1) is 0 Å². The molecule has 0 radical (unpaired) electrons. The van der Waals surface area contributed by atoms with Crippen LogP contribution in [-0.2, 0) is 10.2 Å². The predicted octanol–water partition coefficient (Wildman–Crippen LogP) is 3.65. The van der Waals surface area contributed by atoms with Crippen molar-refractivity contribution in [2.75, 3.05) is 18.1 Å². The molecule has 3 heterocycles. The molecule has 2 fully saturated rings. The van der Waals surface area contributed by atoms with Gasteiger partial charge in [0, 0.05) is 29.6 Å². The molecule has 2 aliphatic rings. The number of anilines is 1. The summed E-state index contributed by atoms with van der Waals surface area (Å²) in [4.78, 5) is 33.2. The van der Waals surface area contributed by atoms with Crippen molar-refractivity contribution >= 4 is 34.7 Å². The predicted molar refractivity (Wildman–Crippen MR) is 144 cm³/mol. The van der Waals surface area contributed by atoms with Gasteiger partial charge in [-0.2, -0.15) is 0 Å². The molecule has 2 aromatic rings. The van der Waals surface area contributed by atoms with Gasteiger partial charge in [0.1, 0.15) is 29.2 Å². The number of rotatable bonds is 4. The SMILES string of the molecule is CC(C)(C)NC1CCC(N2CC[C@H](Nc3ncnc4cnc(C(C)(C)C)nc34)C2=O)CC1.CSN. The minimum Gasteiger partial charge on any atom is -0.356 e. The number of hydrogen-bond donors (Lipinski definition) is 3. The van der Waals surface area contributed by atoms with Crippen molar-refractivity contribution in [3.05, 3.63) is 18.3 Å². The molecule has 1 saturated heterocycles. The number of amides is 1. The van der Waals surface area contributed by atoms with Crippen LogP contribution in [0.15, 0.2) is 12.5 Å². The first-order valence-electron chi connectivity index (χ1n) is 12.5. The molecule has 0 spiro atoms. The number of carbonyl (C=O) groups is 1. The van der Waals surface area contributed by atoms with Gasteiger partial charge in [0.2, 0.25) is 5.91 Å². The first-order valence-corrected chi connectivity index (χ1v) is 13.8. The highest BCUT2D eigenvalue weighted by Crippen LogP contribution is 2.29. The quantitative estimate of drug-likeness (QED) is 0.538. The van der Waals surface area contributed by atoms with Crippen molar-refractivity contribution in [1.29, 1.82) is 0 Å². The summed E-state index contributed by atoms with van der Waals surface area (Å²) in [6.45, 7) is 13.7. The van der Waals surface area contributed by atoms with Gasteiger partial charge in [-0.05, 0) is 59.1 Å². The van der Waals surface area contributed by atoms with Crippen LogP contribution in [0.3, 0.4) is 0 Å². The zero-order valence-electron chi connectivity index (χ0n) is 22.3. The maximum absolute atomic E-state index is 13.3. The second-order valence-corrected chi connectivity index (χ2v) is 12.0. The fraction of sp³-hybridized carbons (Fsp3) is 0.720. The summed E-state index contributed by atoms with van der Waals surface area (Å²) >= 11 is 1.25. The number of carbonyl (C=O) groups excluding carboxylic acids is 1. The largest absolute Gasteiger partial charge is 0.356 e. The van der Waals surface area contributed by atoms with E-state index in [2.05, 4.69) is 72.0 Å². The normalized spacial score (nSPS) is 23.3. The average Bonchev–Trinajstić information content (AvgIpc) is 3.13. The Bertz CT molecular complexity index is 995. The molecule has 0 bridgehead atoms. The van der Waals surface area contributed by atoms with Gasteiger partial charge in [-0.15, -0.1) is 0 Å². The Hall–Kier alpha value is -2.04. The summed E-state index contributed by atoms with van der Waals surface area (Å²) in [6, 6.07) is 0.609. The zero-order valence-corrected chi connectivity index (χ0v) is 23.1. The fourth-order valence-electron chi connectivity index (χ4n) is 4.83. The highest BCUT2D eigenvalue weighted by Gasteiger charge is 2.38. The smallest absolute Gasteiger partial charge is 0.245 e. The van der Waals surface area contributed by atoms with Crippen LogP contribution in [0.25, 0.3) is 11.0 Å². The van der Waals surface area contributed by atoms with Crippen LogP contribution in [0.2, 0.25) is 0 Å². The second-order valence-electron chi connectivity index (χ2n) is 11.6. The van der Waals surface area contributed by atoms with E-state index in [1.807, 2.05) is 6.26 Å². The number of aromatic nitrogens is 4. The van der Waals surface area contributed by atoms with E-state index in [0.717, 1.165) is 44.5 Å². The van der Waals surface area contributed by atoms with Gasteiger partial charge in [0.05, 0.1) is 6.20 Å². The van der Waals surface area contributed by atoms with E-state index in [1.54, 1.807) is 6.20 Å². The van der Waals surface area contributed by atoms with Gasteiger partial charge in [-0.3, -0.25) is 9.93 Å². The van der Waals surface area contributed by atoms with Gasteiger partial charge >= 0.3 is 0 Å². The molecule has 0 aromatic carbocycles. The fourth-order valence-corrected chi connectivity index (χ4v) is 4.83. The maximum Gasteiger partial charge on any atom is 0.245 e. The minimum absolute atomic E-state index is 0.132. The number of nitrogens with one attached hydrogen (secondary N) is 2. The van der Waals surface area contributed by atoms with Crippen molar-refractivity contribution in [2.45, 2.75) is 103 Å². The minimum atomic E-state index is -0.272. The van der Waals surface area contributed by atoms with Crippen molar-refractivity contribution < 1.29 is 4.79 Å². The molecule has 10 heteroatoms. The van der Waals surface area contributed by atoms with Crippen LogP contribution in [0.4, 0.5) is 5.82 Å². The highest BCUT2D eigenvalue weighted by atomic mass is 32.2. The molecule has 1 aliphatic heterocycles. The van der Waals surface area contributed by atoms with Crippen molar-refractivity contribution in [2.24, 2.45) is 5.14 Å². The topological polar surface area (TPSA) is 122 Å². The van der Waals surface area contributed by atoms with E-state index in [0.29, 0.717) is 28.9 Å². The Morgan fingerprint density at radius 1 is 1.03 bits per heavy atom. The lowest BCUT2D eigenvalue weighted by atomic mass is 9.89. The molecule has 0 unspecified atom stereocenters. The lowest BCUT2D eigenvalue weighted by molar-refractivity contribution is -0.131. The van der Waals surface area contributed by atoms with Crippen molar-refractivity contribution in [3.8, 4) is 0 Å². The number of fused-ring (bicyclic) bond motifs is 1. The van der Waals surface area contributed by atoms with Gasteiger partial charge in [0.25, 0.3) is 0 Å². The van der Waals surface area contributed by atoms with Crippen LogP contribution < -0.4 is 15.8 Å². The molecular formula is C25H42N8OS. The molecule has 1 atom stereocenters. The van der Waals surface area contributed by atoms with Crippen LogP contribution >= 0.6 is 11.9 Å². The molecule has 1 saturated carbocycles. The lowest BCUT2D eigenvalue weighted by Crippen LogP contribution is -2.49. The molecule has 1 aliphatic carbocycles. The summed E-state index contributed by atoms with van der Waals surface area (Å²) < 4.78 is 0. The maximum atomic E-state index is 13.3. The Balaban J connectivity index is 0.00000108. The highest BCUT2D eigenvalue weighted by molar-refractivity contribution is 7.96. The van der Waals surface area contributed by atoms with E-state index >= 15 is 0 Å². The van der Waals surface area contributed by atoms with Crippen LogP contribution in [-0.4, -0.2) is 67.2 Å². The van der Waals surface area contributed by atoms with E-state index in [4.69, 9.17) is 10.1 Å². The Morgan fingerprint density at radius 2 is 1.69 bits per heavy atom. The molecule has 9 nitrogen and oxygen atoms in total. The van der Waals surface area contributed by atoms with Gasteiger partial charge in [0.15, 0.2) is 5.82 Å². The Morgan fingerprint density at radius 3 is 2.29 bits per heavy atom. The third-order valence-corrected chi connectivity index (χ3v) is 6.37. The van der Waals surface area contributed by atoms with Crippen LogP contribution in [0.1, 0.15) is 79.5 Å². The molecule has 35 heavy (non-hydrogen) atoms. The van der Waals surface area contributed by atoms with E-state index < -0.39 is 0 Å². The summed E-state index contributed by atoms with van der Waals surface area (Å²) in [5, 5.41) is 11.9. The van der Waals surface area contributed by atoms with E-state index in [9.17, 15) is 4.79 Å². The average molecular weight is 503 g/mol. The molecular weight excluding hydrogens is 460 g/mol. The number of hydrogen-bond acceptors (Lipinski definition) is 9. The molecule has 2 aromatic heterocycles. The third kappa shape index (κ3) is 7.24. The lowest BCUT2D eigenvalue weighted by Gasteiger charge is -2.37. The van der Waals surface area contributed by atoms with Crippen LogP contribution in [0.5, 0.6) is 0 Å². The Labute approximate surface area is 214 Å². The van der Waals surface area contributed by atoms with Gasteiger partial charge in [-0.1, -0.05) is 32.7 Å². The summed E-state index contributed by atoms with van der Waals surface area (Å²) in [5.74, 6) is 1.53. The number of nitrogens with zero attached hydrogens (tertiary/aromatic N) is 5.